The number of aliphatic hydroxyl groups is 1. The van der Waals surface area contributed by atoms with Gasteiger partial charge >= 0.3 is 0 Å². The molecule has 138 valence electrons. The van der Waals surface area contributed by atoms with Crippen LogP contribution in [-0.2, 0) is 6.42 Å². The van der Waals surface area contributed by atoms with Crippen molar-refractivity contribution in [2.45, 2.75) is 58.5 Å². The summed E-state index contributed by atoms with van der Waals surface area (Å²) in [6, 6.07) is 7.80. The van der Waals surface area contributed by atoms with Crippen LogP contribution in [0.2, 0.25) is 0 Å². The molecule has 26 heavy (non-hydrogen) atoms. The van der Waals surface area contributed by atoms with Gasteiger partial charge in [0.05, 0.1) is 34.7 Å². The molecule has 3 aromatic heterocycles. The van der Waals surface area contributed by atoms with Gasteiger partial charge in [0.25, 0.3) is 0 Å². The van der Waals surface area contributed by atoms with Crippen LogP contribution in [0.4, 0.5) is 0 Å². The fourth-order valence-electron chi connectivity index (χ4n) is 3.18. The monoisotopic (exact) mass is 352 g/mol. The standard InChI is InChI=1S/C15H16N4.C6H12O/c1-10(2)7-15-18-13-8-12(17-9-14(13)19-15)11-5-3-4-6-16-11;7-6-4-2-1-3-5-6/h3-6,8-10H,7H2,1-2H3,(H,18,19);6-7H,1-5H2. The Morgan fingerprint density at radius 1 is 1.12 bits per heavy atom. The molecule has 0 bridgehead atoms. The second kappa shape index (κ2) is 8.90. The molecule has 1 saturated carbocycles. The lowest BCUT2D eigenvalue weighted by molar-refractivity contribution is 0.130. The molecular formula is C21H28N4O. The van der Waals surface area contributed by atoms with Crippen LogP contribution in [0.3, 0.4) is 0 Å². The van der Waals surface area contributed by atoms with E-state index in [1.807, 2.05) is 30.5 Å². The molecule has 5 nitrogen and oxygen atoms in total. The predicted octanol–water partition coefficient (Wildman–Crippen LogP) is 4.53. The van der Waals surface area contributed by atoms with Crippen molar-refractivity contribution in [1.82, 2.24) is 19.9 Å². The smallest absolute Gasteiger partial charge is 0.107 e. The van der Waals surface area contributed by atoms with Crippen LogP contribution < -0.4 is 0 Å². The van der Waals surface area contributed by atoms with Crippen LogP contribution in [0.1, 0.15) is 51.8 Å². The van der Waals surface area contributed by atoms with Crippen molar-refractivity contribution in [2.75, 3.05) is 0 Å². The Bertz CT molecular complexity index is 807. The molecule has 0 unspecified atom stereocenters. The van der Waals surface area contributed by atoms with Crippen molar-refractivity contribution >= 4 is 11.0 Å². The van der Waals surface area contributed by atoms with E-state index in [0.29, 0.717) is 5.92 Å². The van der Waals surface area contributed by atoms with Crippen LogP contribution in [0.15, 0.2) is 36.7 Å². The molecule has 0 aliphatic heterocycles. The van der Waals surface area contributed by atoms with E-state index in [-0.39, 0.29) is 6.10 Å². The van der Waals surface area contributed by atoms with Gasteiger partial charge in [-0.05, 0) is 37.0 Å². The van der Waals surface area contributed by atoms with Gasteiger partial charge in [0, 0.05) is 12.6 Å². The van der Waals surface area contributed by atoms with Gasteiger partial charge in [-0.25, -0.2) is 4.98 Å². The summed E-state index contributed by atoms with van der Waals surface area (Å²) in [5.74, 6) is 1.61. The number of pyridine rings is 2. The van der Waals surface area contributed by atoms with Crippen molar-refractivity contribution in [3.63, 3.8) is 0 Å². The fraction of sp³-hybridized carbons (Fsp3) is 0.476. The molecule has 3 heterocycles. The minimum absolute atomic E-state index is 0.0359. The number of nitrogens with one attached hydrogen (secondary N) is 1. The SMILES string of the molecule is CC(C)Cc1nc2cc(-c3ccccn3)ncc2[nH]1.OC1CCCCC1. The third-order valence-electron chi connectivity index (χ3n) is 4.52. The van der Waals surface area contributed by atoms with Gasteiger partial charge in [-0.15, -0.1) is 0 Å². The van der Waals surface area contributed by atoms with E-state index in [1.54, 1.807) is 6.20 Å². The second-order valence-electron chi connectivity index (χ2n) is 7.37. The lowest BCUT2D eigenvalue weighted by Gasteiger charge is -2.14. The van der Waals surface area contributed by atoms with E-state index in [1.165, 1.54) is 19.3 Å². The van der Waals surface area contributed by atoms with Crippen LogP contribution in [0, 0.1) is 5.92 Å². The van der Waals surface area contributed by atoms with E-state index in [0.717, 1.165) is 47.5 Å². The summed E-state index contributed by atoms with van der Waals surface area (Å²) in [5.41, 5.74) is 3.66. The van der Waals surface area contributed by atoms with E-state index in [2.05, 4.69) is 33.8 Å². The number of aromatic nitrogens is 4. The molecule has 1 aliphatic rings. The number of aromatic amines is 1. The van der Waals surface area contributed by atoms with Crippen molar-refractivity contribution in [3.05, 3.63) is 42.5 Å². The van der Waals surface area contributed by atoms with Crippen LogP contribution >= 0.6 is 0 Å². The third-order valence-corrected chi connectivity index (χ3v) is 4.52. The maximum atomic E-state index is 8.91. The number of nitrogens with zero attached hydrogens (tertiary/aromatic N) is 3. The zero-order valence-corrected chi connectivity index (χ0v) is 15.7. The molecule has 0 spiro atoms. The average Bonchev–Trinajstić information content (AvgIpc) is 3.04. The number of imidazole rings is 1. The molecule has 0 amide bonds. The molecule has 4 rings (SSSR count). The van der Waals surface area contributed by atoms with E-state index < -0.39 is 0 Å². The molecule has 5 heteroatoms. The van der Waals surface area contributed by atoms with Crippen molar-refractivity contribution in [2.24, 2.45) is 5.92 Å². The first-order valence-electron chi connectivity index (χ1n) is 9.56. The Kier molecular flexibility index (Phi) is 6.34. The van der Waals surface area contributed by atoms with Crippen LogP contribution in [0.25, 0.3) is 22.4 Å². The van der Waals surface area contributed by atoms with E-state index in [9.17, 15) is 0 Å². The van der Waals surface area contributed by atoms with Crippen LogP contribution in [-0.4, -0.2) is 31.1 Å². The van der Waals surface area contributed by atoms with Gasteiger partial charge in [-0.3, -0.25) is 9.97 Å². The largest absolute Gasteiger partial charge is 0.393 e. The zero-order chi connectivity index (χ0) is 18.4. The highest BCUT2D eigenvalue weighted by molar-refractivity contribution is 5.78. The van der Waals surface area contributed by atoms with Crippen molar-refractivity contribution in [3.8, 4) is 11.4 Å². The number of hydrogen-bond donors (Lipinski definition) is 2. The molecule has 0 radical (unpaired) electrons. The normalized spacial score (nSPS) is 15.1. The Hall–Kier alpha value is -2.27. The van der Waals surface area contributed by atoms with Crippen molar-refractivity contribution in [1.29, 1.82) is 0 Å². The summed E-state index contributed by atoms with van der Waals surface area (Å²) in [6.45, 7) is 4.37. The molecule has 1 aliphatic carbocycles. The third kappa shape index (κ3) is 5.11. The highest BCUT2D eigenvalue weighted by atomic mass is 16.3. The first-order chi connectivity index (χ1) is 12.6. The van der Waals surface area contributed by atoms with Gasteiger partial charge in [0.1, 0.15) is 5.82 Å². The topological polar surface area (TPSA) is 74.7 Å². The number of aliphatic hydroxyl groups excluding tert-OH is 1. The minimum atomic E-state index is 0.0359. The lowest BCUT2D eigenvalue weighted by Crippen LogP contribution is -2.09. The first kappa shape index (κ1) is 18.5. The zero-order valence-electron chi connectivity index (χ0n) is 15.7. The van der Waals surface area contributed by atoms with Gasteiger partial charge in [-0.1, -0.05) is 39.2 Å². The average molecular weight is 352 g/mol. The molecule has 0 aromatic carbocycles. The van der Waals surface area contributed by atoms with Gasteiger partial charge in [0.15, 0.2) is 0 Å². The first-order valence-corrected chi connectivity index (χ1v) is 9.56. The number of H-pyrrole nitrogens is 1. The predicted molar refractivity (Wildman–Crippen MR) is 105 cm³/mol. The summed E-state index contributed by atoms with van der Waals surface area (Å²) in [7, 11) is 0. The van der Waals surface area contributed by atoms with Crippen molar-refractivity contribution < 1.29 is 5.11 Å². The Morgan fingerprint density at radius 2 is 1.92 bits per heavy atom. The molecule has 0 atom stereocenters. The highest BCUT2D eigenvalue weighted by Crippen LogP contribution is 2.19. The second-order valence-corrected chi connectivity index (χ2v) is 7.37. The molecule has 1 fully saturated rings. The number of fused-ring (bicyclic) bond motifs is 1. The highest BCUT2D eigenvalue weighted by Gasteiger charge is 2.08. The summed E-state index contributed by atoms with van der Waals surface area (Å²) in [6.07, 6.45) is 10.5. The van der Waals surface area contributed by atoms with Gasteiger partial charge < -0.3 is 10.1 Å². The van der Waals surface area contributed by atoms with Gasteiger partial charge in [0.2, 0.25) is 0 Å². The van der Waals surface area contributed by atoms with Gasteiger partial charge in [-0.2, -0.15) is 0 Å². The summed E-state index contributed by atoms with van der Waals surface area (Å²) in [4.78, 5) is 16.7. The Balaban J connectivity index is 0.000000236. The quantitative estimate of drug-likeness (QED) is 0.726. The lowest BCUT2D eigenvalue weighted by atomic mass is 9.98. The number of hydrogen-bond acceptors (Lipinski definition) is 4. The molecular weight excluding hydrogens is 324 g/mol. The molecule has 0 saturated heterocycles. The Labute approximate surface area is 154 Å². The minimum Gasteiger partial charge on any atom is -0.393 e. The Morgan fingerprint density at radius 3 is 2.54 bits per heavy atom. The maximum absolute atomic E-state index is 8.91. The summed E-state index contributed by atoms with van der Waals surface area (Å²) >= 11 is 0. The van der Waals surface area contributed by atoms with E-state index in [4.69, 9.17) is 5.11 Å². The molecule has 3 aromatic rings. The summed E-state index contributed by atoms with van der Waals surface area (Å²) < 4.78 is 0. The fourth-order valence-corrected chi connectivity index (χ4v) is 3.18. The van der Waals surface area contributed by atoms with E-state index >= 15 is 0 Å². The molecule has 2 N–H and O–H groups in total. The van der Waals surface area contributed by atoms with Crippen LogP contribution in [0.5, 0.6) is 0 Å². The maximum Gasteiger partial charge on any atom is 0.107 e. The summed E-state index contributed by atoms with van der Waals surface area (Å²) in [5, 5.41) is 8.91. The number of rotatable bonds is 3.